The van der Waals surface area contributed by atoms with Crippen LogP contribution in [0.1, 0.15) is 17.5 Å². The molecule has 0 radical (unpaired) electrons. The number of halogens is 1. The lowest BCUT2D eigenvalue weighted by Gasteiger charge is -2.34. The highest BCUT2D eigenvalue weighted by atomic mass is 35.5. The largest absolute Gasteiger partial charge is 0.493 e. The van der Waals surface area contributed by atoms with Gasteiger partial charge in [-0.2, -0.15) is 0 Å². The highest BCUT2D eigenvalue weighted by molar-refractivity contribution is 6.30. The molecule has 8 nitrogen and oxygen atoms in total. The van der Waals surface area contributed by atoms with Gasteiger partial charge in [0.15, 0.2) is 12.1 Å². The van der Waals surface area contributed by atoms with Gasteiger partial charge in [0.1, 0.15) is 17.2 Å². The molecular weight excluding hydrogens is 454 g/mol. The van der Waals surface area contributed by atoms with Gasteiger partial charge < -0.3 is 25.8 Å². The molecule has 1 atom stereocenters. The first-order valence-corrected chi connectivity index (χ1v) is 11.3. The van der Waals surface area contributed by atoms with Crippen LogP contribution in [0.2, 0.25) is 5.02 Å². The van der Waals surface area contributed by atoms with Crippen LogP contribution in [0.25, 0.3) is 0 Å². The molecule has 2 heterocycles. The smallest absolute Gasteiger partial charge is 0.268 e. The summed E-state index contributed by atoms with van der Waals surface area (Å²) in [7, 11) is 0. The second kappa shape index (κ2) is 10.9. The normalized spacial score (nSPS) is 14.8. The van der Waals surface area contributed by atoms with Crippen molar-refractivity contribution in [2.24, 2.45) is 16.5 Å². The molecule has 0 saturated carbocycles. The van der Waals surface area contributed by atoms with Crippen LogP contribution in [0, 0.1) is 0 Å². The molecule has 4 N–H and O–H groups in total. The molecule has 176 valence electrons. The van der Waals surface area contributed by atoms with Gasteiger partial charge in [0.25, 0.3) is 5.91 Å². The van der Waals surface area contributed by atoms with Crippen molar-refractivity contribution in [3.8, 4) is 11.5 Å². The maximum Gasteiger partial charge on any atom is 0.268 e. The molecule has 1 aromatic heterocycles. The molecule has 0 bridgehead atoms. The van der Waals surface area contributed by atoms with Crippen molar-refractivity contribution in [3.63, 3.8) is 0 Å². The molecule has 3 aromatic rings. The first kappa shape index (κ1) is 23.4. The van der Waals surface area contributed by atoms with Crippen LogP contribution < -0.4 is 25.8 Å². The highest BCUT2D eigenvalue weighted by Crippen LogP contribution is 2.35. The predicted molar refractivity (Wildman–Crippen MR) is 132 cm³/mol. The number of pyridine rings is 1. The molecule has 1 aliphatic heterocycles. The third kappa shape index (κ3) is 5.96. The molecule has 0 saturated heterocycles. The fourth-order valence-electron chi connectivity index (χ4n) is 3.69. The summed E-state index contributed by atoms with van der Waals surface area (Å²) in [6.07, 6.45) is 3.76. The lowest BCUT2D eigenvalue weighted by Crippen LogP contribution is -2.46. The minimum absolute atomic E-state index is 0.0875. The second-order valence-corrected chi connectivity index (χ2v) is 8.28. The number of guanidine groups is 1. The van der Waals surface area contributed by atoms with E-state index in [-0.39, 0.29) is 11.9 Å². The average Bonchev–Trinajstić information content (AvgIpc) is 2.82. The van der Waals surface area contributed by atoms with Crippen LogP contribution >= 0.6 is 11.6 Å². The summed E-state index contributed by atoms with van der Waals surface area (Å²) in [4.78, 5) is 23.1. The van der Waals surface area contributed by atoms with Crippen molar-refractivity contribution < 1.29 is 14.3 Å². The van der Waals surface area contributed by atoms with Gasteiger partial charge in [-0.1, -0.05) is 35.9 Å². The first-order valence-electron chi connectivity index (χ1n) is 10.9. The summed E-state index contributed by atoms with van der Waals surface area (Å²) in [5.74, 6) is 1.28. The van der Waals surface area contributed by atoms with E-state index in [1.807, 2.05) is 42.5 Å². The van der Waals surface area contributed by atoms with Gasteiger partial charge in [-0.15, -0.1) is 0 Å². The minimum atomic E-state index is -0.659. The molecule has 0 aliphatic carbocycles. The molecule has 1 unspecified atom stereocenters. The second-order valence-electron chi connectivity index (χ2n) is 7.84. The summed E-state index contributed by atoms with van der Waals surface area (Å²) in [6, 6.07) is 16.9. The van der Waals surface area contributed by atoms with Crippen molar-refractivity contribution in [1.29, 1.82) is 0 Å². The van der Waals surface area contributed by atoms with Gasteiger partial charge in [-0.3, -0.25) is 14.8 Å². The number of carbonyl (C=O) groups is 1. The van der Waals surface area contributed by atoms with Crippen molar-refractivity contribution >= 4 is 29.2 Å². The molecule has 0 spiro atoms. The van der Waals surface area contributed by atoms with Crippen LogP contribution in [0.3, 0.4) is 0 Å². The number of anilines is 1. The van der Waals surface area contributed by atoms with E-state index in [4.69, 9.17) is 32.5 Å². The Morgan fingerprint density at radius 3 is 2.74 bits per heavy atom. The van der Waals surface area contributed by atoms with Crippen LogP contribution in [0.5, 0.6) is 11.5 Å². The zero-order chi connectivity index (χ0) is 23.9. The number of ether oxygens (including phenoxy) is 2. The van der Waals surface area contributed by atoms with E-state index < -0.39 is 6.10 Å². The van der Waals surface area contributed by atoms with E-state index in [0.717, 1.165) is 17.5 Å². The molecule has 2 aromatic carbocycles. The summed E-state index contributed by atoms with van der Waals surface area (Å²) >= 11 is 6.13. The highest BCUT2D eigenvalue weighted by Gasteiger charge is 2.34. The lowest BCUT2D eigenvalue weighted by atomic mass is 10.1. The number of carbonyl (C=O) groups excluding carboxylic acids is 1. The number of hydrogen-bond acceptors (Lipinski definition) is 5. The van der Waals surface area contributed by atoms with Crippen LogP contribution in [0.15, 0.2) is 72.0 Å². The third-order valence-corrected chi connectivity index (χ3v) is 5.59. The van der Waals surface area contributed by atoms with Gasteiger partial charge in [-0.25, -0.2) is 0 Å². The zero-order valence-corrected chi connectivity index (χ0v) is 19.3. The standard InChI is InChI=1S/C25H26ClN5O3/c26-19-3-1-2-18(14-19)16-31-21-15-29-11-9-22(21)34-23(24(31)32)10-13-33-20-6-4-17(5-7-20)8-12-30-25(27)28/h1-7,9,11,14-15,23H,8,10,12-13,16H2,(H4,27,28,30). The topological polar surface area (TPSA) is 116 Å². The number of nitrogens with zero attached hydrogens (tertiary/aromatic N) is 3. The van der Waals surface area contributed by atoms with E-state index in [1.54, 1.807) is 29.4 Å². The number of nitrogens with two attached hydrogens (primary N) is 2. The van der Waals surface area contributed by atoms with Crippen molar-refractivity contribution in [2.75, 3.05) is 18.1 Å². The summed E-state index contributed by atoms with van der Waals surface area (Å²) in [6.45, 7) is 1.24. The Bertz CT molecular complexity index is 1170. The molecule has 34 heavy (non-hydrogen) atoms. The number of aliphatic imine (C=N–C) groups is 1. The lowest BCUT2D eigenvalue weighted by molar-refractivity contribution is -0.127. The zero-order valence-electron chi connectivity index (χ0n) is 18.6. The van der Waals surface area contributed by atoms with Gasteiger partial charge in [-0.05, 0) is 41.8 Å². The fourth-order valence-corrected chi connectivity index (χ4v) is 3.90. The summed E-state index contributed by atoms with van der Waals surface area (Å²) in [5, 5.41) is 0.622. The quantitative estimate of drug-likeness (QED) is 0.359. The SMILES string of the molecule is NC(N)=NCCc1ccc(OCCC2Oc3ccncc3N(Cc3cccc(Cl)c3)C2=O)cc1. The van der Waals surface area contributed by atoms with Crippen LogP contribution in [0.4, 0.5) is 5.69 Å². The van der Waals surface area contributed by atoms with Crippen molar-refractivity contribution in [3.05, 3.63) is 83.1 Å². The Kier molecular flexibility index (Phi) is 7.49. The van der Waals surface area contributed by atoms with E-state index >= 15 is 0 Å². The Balaban J connectivity index is 1.37. The van der Waals surface area contributed by atoms with Crippen molar-refractivity contribution in [1.82, 2.24) is 4.98 Å². The Morgan fingerprint density at radius 2 is 1.97 bits per heavy atom. The number of amides is 1. The maximum absolute atomic E-state index is 13.3. The molecule has 1 amide bonds. The van der Waals surface area contributed by atoms with Gasteiger partial charge in [0, 0.05) is 30.3 Å². The van der Waals surface area contributed by atoms with Gasteiger partial charge in [0.2, 0.25) is 0 Å². The number of hydrogen-bond donors (Lipinski definition) is 2. The predicted octanol–water partition coefficient (Wildman–Crippen LogP) is 3.31. The Hall–Kier alpha value is -3.78. The Morgan fingerprint density at radius 1 is 1.15 bits per heavy atom. The Labute approximate surface area is 203 Å². The maximum atomic E-state index is 13.3. The molecule has 9 heteroatoms. The van der Waals surface area contributed by atoms with E-state index in [2.05, 4.69) is 9.98 Å². The molecule has 1 aliphatic rings. The fraction of sp³-hybridized carbons (Fsp3) is 0.240. The van der Waals surface area contributed by atoms with Crippen molar-refractivity contribution in [2.45, 2.75) is 25.5 Å². The number of aromatic nitrogens is 1. The molecule has 0 fully saturated rings. The summed E-state index contributed by atoms with van der Waals surface area (Å²) in [5.41, 5.74) is 13.4. The van der Waals surface area contributed by atoms with Crippen LogP contribution in [-0.4, -0.2) is 36.1 Å². The van der Waals surface area contributed by atoms with Gasteiger partial charge >= 0.3 is 0 Å². The molecular formula is C25H26ClN5O3. The minimum Gasteiger partial charge on any atom is -0.493 e. The van der Waals surface area contributed by atoms with E-state index in [0.29, 0.717) is 48.3 Å². The number of rotatable bonds is 9. The first-order chi connectivity index (χ1) is 16.5. The van der Waals surface area contributed by atoms with Gasteiger partial charge in [0.05, 0.1) is 19.3 Å². The molecule has 4 rings (SSSR count). The monoisotopic (exact) mass is 479 g/mol. The van der Waals surface area contributed by atoms with E-state index in [9.17, 15) is 4.79 Å². The summed E-state index contributed by atoms with van der Waals surface area (Å²) < 4.78 is 11.9. The van der Waals surface area contributed by atoms with E-state index in [1.165, 1.54) is 0 Å². The van der Waals surface area contributed by atoms with Crippen LogP contribution in [-0.2, 0) is 17.8 Å². The third-order valence-electron chi connectivity index (χ3n) is 5.36. The number of fused-ring (bicyclic) bond motifs is 1. The number of benzene rings is 2. The average molecular weight is 480 g/mol.